The van der Waals surface area contributed by atoms with E-state index in [1.54, 1.807) is 26.5 Å². The predicted molar refractivity (Wildman–Crippen MR) is 115 cm³/mol. The Morgan fingerprint density at radius 3 is 2.55 bits per heavy atom. The lowest BCUT2D eigenvalue weighted by Crippen LogP contribution is -2.38. The van der Waals surface area contributed by atoms with Crippen molar-refractivity contribution in [1.29, 1.82) is 0 Å². The number of nitrogens with zero attached hydrogens (tertiary/aromatic N) is 2. The van der Waals surface area contributed by atoms with Gasteiger partial charge in [-0.1, -0.05) is 12.1 Å². The number of nitrogens with one attached hydrogen (secondary N) is 3. The molecule has 1 aromatic carbocycles. The molecule has 1 heterocycles. The van der Waals surface area contributed by atoms with Crippen LogP contribution in [0.25, 0.3) is 0 Å². The van der Waals surface area contributed by atoms with E-state index in [1.807, 2.05) is 38.1 Å². The average molecular weight is 399 g/mol. The highest BCUT2D eigenvalue weighted by Crippen LogP contribution is 2.27. The van der Waals surface area contributed by atoms with Crippen molar-refractivity contribution >= 4 is 17.7 Å². The van der Waals surface area contributed by atoms with E-state index in [0.29, 0.717) is 42.8 Å². The first kappa shape index (κ1) is 22.0. The molecule has 0 saturated carbocycles. The number of benzene rings is 1. The summed E-state index contributed by atoms with van der Waals surface area (Å²) in [6, 6.07) is 9.39. The number of aryl methyl sites for hydroxylation is 1. The van der Waals surface area contributed by atoms with E-state index in [2.05, 4.69) is 25.9 Å². The highest BCUT2D eigenvalue weighted by molar-refractivity contribution is 5.90. The van der Waals surface area contributed by atoms with Gasteiger partial charge in [0.25, 0.3) is 0 Å². The minimum Gasteiger partial charge on any atom is -0.493 e. The first-order valence-electron chi connectivity index (χ1n) is 9.51. The SMILES string of the molecule is CCNC(=NCc1ccc(OC)c(OC)c1)NCCC(=O)Nc1ccc(C)cn1. The number of aliphatic imine (C=N–C) groups is 1. The predicted octanol–water partition coefficient (Wildman–Crippen LogP) is 2.49. The van der Waals surface area contributed by atoms with Crippen LogP contribution in [0.1, 0.15) is 24.5 Å². The number of rotatable bonds is 9. The van der Waals surface area contributed by atoms with Gasteiger partial charge in [-0.3, -0.25) is 4.79 Å². The summed E-state index contributed by atoms with van der Waals surface area (Å²) in [6.45, 7) is 5.58. The van der Waals surface area contributed by atoms with E-state index >= 15 is 0 Å². The quantitative estimate of drug-likeness (QED) is 0.443. The highest BCUT2D eigenvalue weighted by atomic mass is 16.5. The molecule has 2 aromatic rings. The Bertz CT molecular complexity index is 822. The van der Waals surface area contributed by atoms with E-state index in [4.69, 9.17) is 9.47 Å². The Balaban J connectivity index is 1.87. The zero-order valence-electron chi connectivity index (χ0n) is 17.4. The number of aromatic nitrogens is 1. The molecule has 0 radical (unpaired) electrons. The number of guanidine groups is 1. The van der Waals surface area contributed by atoms with Crippen LogP contribution in [-0.2, 0) is 11.3 Å². The molecule has 2 rings (SSSR count). The molecule has 0 saturated heterocycles. The van der Waals surface area contributed by atoms with E-state index in [9.17, 15) is 4.79 Å². The van der Waals surface area contributed by atoms with Gasteiger partial charge in [0.2, 0.25) is 5.91 Å². The minimum atomic E-state index is -0.107. The second-order valence-electron chi connectivity index (χ2n) is 6.33. The number of hydrogen-bond donors (Lipinski definition) is 3. The van der Waals surface area contributed by atoms with Crippen LogP contribution in [-0.4, -0.2) is 44.2 Å². The fourth-order valence-corrected chi connectivity index (χ4v) is 2.53. The molecule has 29 heavy (non-hydrogen) atoms. The average Bonchev–Trinajstić information content (AvgIpc) is 2.73. The fourth-order valence-electron chi connectivity index (χ4n) is 2.53. The molecular weight excluding hydrogens is 370 g/mol. The second kappa shape index (κ2) is 11.5. The van der Waals surface area contributed by atoms with Gasteiger partial charge in [0.1, 0.15) is 5.82 Å². The number of carbonyl (C=O) groups excluding carboxylic acids is 1. The van der Waals surface area contributed by atoms with Crippen molar-refractivity contribution in [3.8, 4) is 11.5 Å². The van der Waals surface area contributed by atoms with E-state index in [1.165, 1.54) is 0 Å². The number of hydrogen-bond acceptors (Lipinski definition) is 5. The molecule has 0 unspecified atom stereocenters. The maximum Gasteiger partial charge on any atom is 0.227 e. The summed E-state index contributed by atoms with van der Waals surface area (Å²) in [5, 5.41) is 9.12. The van der Waals surface area contributed by atoms with Gasteiger partial charge in [-0.2, -0.15) is 0 Å². The summed E-state index contributed by atoms with van der Waals surface area (Å²) >= 11 is 0. The standard InChI is InChI=1S/C21H29N5O3/c1-5-22-21(25-14-16-7-8-17(28-3)18(12-16)29-4)23-11-10-20(27)26-19-9-6-15(2)13-24-19/h6-9,12-13H,5,10-11,14H2,1-4H3,(H2,22,23,25)(H,24,26,27). The summed E-state index contributed by atoms with van der Waals surface area (Å²) in [4.78, 5) is 20.8. The molecule has 0 atom stereocenters. The summed E-state index contributed by atoms with van der Waals surface area (Å²) in [7, 11) is 3.21. The lowest BCUT2D eigenvalue weighted by Gasteiger charge is -2.12. The maximum atomic E-state index is 12.1. The third-order valence-corrected chi connectivity index (χ3v) is 4.04. The van der Waals surface area contributed by atoms with Gasteiger partial charge in [0.05, 0.1) is 20.8 Å². The van der Waals surface area contributed by atoms with Crippen molar-refractivity contribution in [2.24, 2.45) is 4.99 Å². The second-order valence-corrected chi connectivity index (χ2v) is 6.33. The number of methoxy groups -OCH3 is 2. The molecule has 3 N–H and O–H groups in total. The van der Waals surface area contributed by atoms with Crippen molar-refractivity contribution < 1.29 is 14.3 Å². The molecule has 0 aliphatic rings. The van der Waals surface area contributed by atoms with Crippen molar-refractivity contribution in [2.45, 2.75) is 26.8 Å². The van der Waals surface area contributed by atoms with Gasteiger partial charge in [-0.05, 0) is 43.2 Å². The summed E-state index contributed by atoms with van der Waals surface area (Å²) < 4.78 is 10.6. The summed E-state index contributed by atoms with van der Waals surface area (Å²) in [6.07, 6.45) is 2.02. The van der Waals surface area contributed by atoms with Gasteiger partial charge in [-0.25, -0.2) is 9.98 Å². The third kappa shape index (κ3) is 7.33. The molecule has 0 aliphatic heterocycles. The molecule has 0 spiro atoms. The van der Waals surface area contributed by atoms with Crippen LogP contribution >= 0.6 is 0 Å². The number of pyridine rings is 1. The zero-order chi connectivity index (χ0) is 21.1. The zero-order valence-corrected chi connectivity index (χ0v) is 17.4. The molecule has 156 valence electrons. The normalized spacial score (nSPS) is 11.0. The van der Waals surface area contributed by atoms with Crippen LogP contribution in [0, 0.1) is 6.92 Å². The molecule has 0 fully saturated rings. The van der Waals surface area contributed by atoms with Gasteiger partial charge in [-0.15, -0.1) is 0 Å². The van der Waals surface area contributed by atoms with E-state index in [-0.39, 0.29) is 5.91 Å². The van der Waals surface area contributed by atoms with Crippen LogP contribution in [0.4, 0.5) is 5.82 Å². The van der Waals surface area contributed by atoms with Crippen molar-refractivity contribution in [2.75, 3.05) is 32.6 Å². The van der Waals surface area contributed by atoms with Gasteiger partial charge < -0.3 is 25.4 Å². The van der Waals surface area contributed by atoms with Gasteiger partial charge in [0, 0.05) is 25.7 Å². The lowest BCUT2D eigenvalue weighted by molar-refractivity contribution is -0.116. The third-order valence-electron chi connectivity index (χ3n) is 4.04. The Morgan fingerprint density at radius 1 is 1.10 bits per heavy atom. The summed E-state index contributed by atoms with van der Waals surface area (Å²) in [5.41, 5.74) is 2.04. The molecule has 8 heteroatoms. The first-order valence-corrected chi connectivity index (χ1v) is 9.51. The van der Waals surface area contributed by atoms with Crippen LogP contribution < -0.4 is 25.4 Å². The topological polar surface area (TPSA) is 96.9 Å². The Hall–Kier alpha value is -3.29. The molecule has 0 aliphatic carbocycles. The van der Waals surface area contributed by atoms with Crippen LogP contribution in [0.5, 0.6) is 11.5 Å². The van der Waals surface area contributed by atoms with Gasteiger partial charge in [0.15, 0.2) is 17.5 Å². The van der Waals surface area contributed by atoms with Crippen molar-refractivity contribution in [1.82, 2.24) is 15.6 Å². The monoisotopic (exact) mass is 399 g/mol. The van der Waals surface area contributed by atoms with E-state index < -0.39 is 0 Å². The number of carbonyl (C=O) groups is 1. The molecule has 8 nitrogen and oxygen atoms in total. The molecule has 0 bridgehead atoms. The highest BCUT2D eigenvalue weighted by Gasteiger charge is 2.06. The maximum absolute atomic E-state index is 12.1. The largest absolute Gasteiger partial charge is 0.493 e. The summed E-state index contributed by atoms with van der Waals surface area (Å²) in [5.74, 6) is 2.43. The Labute approximate surface area is 171 Å². The number of anilines is 1. The van der Waals surface area contributed by atoms with Gasteiger partial charge >= 0.3 is 0 Å². The number of amides is 1. The van der Waals surface area contributed by atoms with Crippen LogP contribution in [0.2, 0.25) is 0 Å². The van der Waals surface area contributed by atoms with Crippen molar-refractivity contribution in [3.63, 3.8) is 0 Å². The van der Waals surface area contributed by atoms with Crippen LogP contribution in [0.15, 0.2) is 41.5 Å². The van der Waals surface area contributed by atoms with Crippen molar-refractivity contribution in [3.05, 3.63) is 47.7 Å². The lowest BCUT2D eigenvalue weighted by atomic mass is 10.2. The fraction of sp³-hybridized carbons (Fsp3) is 0.381. The van der Waals surface area contributed by atoms with E-state index in [0.717, 1.165) is 17.7 Å². The first-order chi connectivity index (χ1) is 14.0. The molecular formula is C21H29N5O3. The Morgan fingerprint density at radius 2 is 1.90 bits per heavy atom. The molecule has 1 aromatic heterocycles. The minimum absolute atomic E-state index is 0.107. The van der Waals surface area contributed by atoms with Crippen LogP contribution in [0.3, 0.4) is 0 Å². The Kier molecular flexibility index (Phi) is 8.75. The smallest absolute Gasteiger partial charge is 0.227 e. The number of ether oxygens (including phenoxy) is 2. The molecule has 1 amide bonds.